The molecule has 1 unspecified atom stereocenters. The minimum absolute atomic E-state index is 0.138. The summed E-state index contributed by atoms with van der Waals surface area (Å²) in [7, 11) is -3.28. The first-order valence-corrected chi connectivity index (χ1v) is 11.9. The predicted octanol–water partition coefficient (Wildman–Crippen LogP) is 4.79. The summed E-state index contributed by atoms with van der Waals surface area (Å²) in [6.45, 7) is 4.76. The first kappa shape index (κ1) is 21.7. The molecule has 1 aliphatic rings. The van der Waals surface area contributed by atoms with Crippen molar-refractivity contribution in [1.82, 2.24) is 5.32 Å². The van der Waals surface area contributed by atoms with Crippen LogP contribution in [0, 0.1) is 5.92 Å². The molecule has 1 N–H and O–H groups in total. The molecule has 1 fully saturated rings. The van der Waals surface area contributed by atoms with Crippen LogP contribution in [0.15, 0.2) is 48.5 Å². The Morgan fingerprint density at radius 3 is 2.48 bits per heavy atom. The average Bonchev–Trinajstić information content (AvgIpc) is 3.04. The third-order valence-electron chi connectivity index (χ3n) is 5.11. The van der Waals surface area contributed by atoms with Crippen molar-refractivity contribution < 1.29 is 13.2 Å². The van der Waals surface area contributed by atoms with Gasteiger partial charge in [0.1, 0.15) is 0 Å². The molecule has 7 heteroatoms. The number of amides is 1. The van der Waals surface area contributed by atoms with E-state index in [9.17, 15) is 13.2 Å². The van der Waals surface area contributed by atoms with E-state index in [-0.39, 0.29) is 17.7 Å². The standard InChI is InChI=1S/C22H27ClN2O3S/c1-16(2)7-12-21(17-8-10-19(23)11-9-17)24-22(26)18-5-3-6-20(15-18)25-13-4-14-29(25,27)28/h3,5-6,8-11,15-16,21H,4,7,12-14H2,1-2H3,(H,24,26). The van der Waals surface area contributed by atoms with Crippen LogP contribution in [0.2, 0.25) is 5.02 Å². The lowest BCUT2D eigenvalue weighted by molar-refractivity contribution is 0.0933. The van der Waals surface area contributed by atoms with Crippen LogP contribution in [0.3, 0.4) is 0 Å². The maximum atomic E-state index is 13.0. The number of benzene rings is 2. The quantitative estimate of drug-likeness (QED) is 0.681. The summed E-state index contributed by atoms with van der Waals surface area (Å²) in [5, 5.41) is 3.77. The Bertz CT molecular complexity index is 958. The molecule has 0 aliphatic carbocycles. The maximum absolute atomic E-state index is 13.0. The molecule has 156 valence electrons. The SMILES string of the molecule is CC(C)CCC(NC(=O)c1cccc(N2CCCS2(=O)=O)c1)c1ccc(Cl)cc1. The Morgan fingerprint density at radius 2 is 1.86 bits per heavy atom. The summed E-state index contributed by atoms with van der Waals surface area (Å²) in [5.74, 6) is 0.453. The lowest BCUT2D eigenvalue weighted by atomic mass is 9.97. The van der Waals surface area contributed by atoms with Crippen LogP contribution in [-0.2, 0) is 10.0 Å². The monoisotopic (exact) mass is 434 g/mol. The Hall–Kier alpha value is -2.05. The number of nitrogens with zero attached hydrogens (tertiary/aromatic N) is 1. The van der Waals surface area contributed by atoms with Crippen molar-refractivity contribution in [2.45, 2.75) is 39.2 Å². The maximum Gasteiger partial charge on any atom is 0.251 e. The molecule has 2 aromatic carbocycles. The second-order valence-corrected chi connectivity index (χ2v) is 10.3. The summed E-state index contributed by atoms with van der Waals surface area (Å²) < 4.78 is 25.8. The van der Waals surface area contributed by atoms with Gasteiger partial charge in [-0.05, 0) is 61.1 Å². The van der Waals surface area contributed by atoms with Crippen molar-refractivity contribution >= 4 is 33.2 Å². The minimum atomic E-state index is -3.28. The smallest absolute Gasteiger partial charge is 0.251 e. The second kappa shape index (κ2) is 9.18. The van der Waals surface area contributed by atoms with Crippen LogP contribution >= 0.6 is 11.6 Å². The average molecular weight is 435 g/mol. The van der Waals surface area contributed by atoms with E-state index in [1.807, 2.05) is 24.3 Å². The van der Waals surface area contributed by atoms with Crippen molar-refractivity contribution in [2.24, 2.45) is 5.92 Å². The number of sulfonamides is 1. The van der Waals surface area contributed by atoms with E-state index in [1.165, 1.54) is 4.31 Å². The zero-order valence-corrected chi connectivity index (χ0v) is 18.3. The van der Waals surface area contributed by atoms with Crippen molar-refractivity contribution in [3.8, 4) is 0 Å². The number of anilines is 1. The lowest BCUT2D eigenvalue weighted by Crippen LogP contribution is -2.29. The number of halogens is 1. The van der Waals surface area contributed by atoms with Crippen molar-refractivity contribution in [1.29, 1.82) is 0 Å². The Labute approximate surface area is 178 Å². The normalized spacial score (nSPS) is 16.8. The number of carbonyl (C=O) groups is 1. The third kappa shape index (κ3) is 5.52. The molecule has 1 atom stereocenters. The molecule has 1 amide bonds. The molecule has 3 rings (SSSR count). The molecule has 0 radical (unpaired) electrons. The number of hydrogen-bond acceptors (Lipinski definition) is 3. The second-order valence-electron chi connectivity index (χ2n) is 7.84. The highest BCUT2D eigenvalue weighted by molar-refractivity contribution is 7.93. The molecule has 0 saturated carbocycles. The summed E-state index contributed by atoms with van der Waals surface area (Å²) in [5.41, 5.74) is 2.00. The van der Waals surface area contributed by atoms with Crippen molar-refractivity contribution in [3.05, 3.63) is 64.7 Å². The van der Waals surface area contributed by atoms with Gasteiger partial charge in [-0.2, -0.15) is 0 Å². The van der Waals surface area contributed by atoms with Crippen molar-refractivity contribution in [2.75, 3.05) is 16.6 Å². The van der Waals surface area contributed by atoms with Gasteiger partial charge in [-0.15, -0.1) is 0 Å². The van der Waals surface area contributed by atoms with E-state index < -0.39 is 10.0 Å². The molecule has 0 bridgehead atoms. The first-order valence-electron chi connectivity index (χ1n) is 9.93. The van der Waals surface area contributed by atoms with E-state index in [2.05, 4.69) is 19.2 Å². The van der Waals surface area contributed by atoms with Crippen LogP contribution in [0.4, 0.5) is 5.69 Å². The molecule has 1 saturated heterocycles. The summed E-state index contributed by atoms with van der Waals surface area (Å²) in [6.07, 6.45) is 2.39. The zero-order chi connectivity index (χ0) is 21.0. The molecule has 2 aromatic rings. The van der Waals surface area contributed by atoms with Crippen LogP contribution in [0.1, 0.15) is 55.1 Å². The molecule has 0 spiro atoms. The molecule has 29 heavy (non-hydrogen) atoms. The van der Waals surface area contributed by atoms with Gasteiger partial charge in [-0.3, -0.25) is 9.10 Å². The van der Waals surface area contributed by atoms with Crippen molar-refractivity contribution in [3.63, 3.8) is 0 Å². The van der Waals surface area contributed by atoms with E-state index in [0.717, 1.165) is 18.4 Å². The topological polar surface area (TPSA) is 66.5 Å². The number of hydrogen-bond donors (Lipinski definition) is 1. The van der Waals surface area contributed by atoms with Gasteiger partial charge in [0.2, 0.25) is 10.0 Å². The van der Waals surface area contributed by atoms with Gasteiger partial charge in [0, 0.05) is 17.1 Å². The van der Waals surface area contributed by atoms with Gasteiger partial charge in [0.15, 0.2) is 0 Å². The van der Waals surface area contributed by atoms with Gasteiger partial charge in [-0.1, -0.05) is 43.6 Å². The third-order valence-corrected chi connectivity index (χ3v) is 7.23. The summed E-state index contributed by atoms with van der Waals surface area (Å²) in [4.78, 5) is 13.0. The fraction of sp³-hybridized carbons (Fsp3) is 0.409. The van der Waals surface area contributed by atoms with Gasteiger partial charge in [0.25, 0.3) is 5.91 Å². The minimum Gasteiger partial charge on any atom is -0.345 e. The highest BCUT2D eigenvalue weighted by Gasteiger charge is 2.29. The molecule has 0 aromatic heterocycles. The molecular weight excluding hydrogens is 408 g/mol. The summed E-state index contributed by atoms with van der Waals surface area (Å²) in [6, 6.07) is 14.2. The molecule has 5 nitrogen and oxygen atoms in total. The lowest BCUT2D eigenvalue weighted by Gasteiger charge is -2.21. The fourth-order valence-electron chi connectivity index (χ4n) is 3.49. The Morgan fingerprint density at radius 1 is 1.14 bits per heavy atom. The largest absolute Gasteiger partial charge is 0.345 e. The van der Waals surface area contributed by atoms with E-state index in [0.29, 0.717) is 35.2 Å². The molecule has 1 heterocycles. The Balaban J connectivity index is 1.80. The van der Waals surface area contributed by atoms with E-state index >= 15 is 0 Å². The van der Waals surface area contributed by atoms with Gasteiger partial charge >= 0.3 is 0 Å². The molecular formula is C22H27ClN2O3S. The van der Waals surface area contributed by atoms with Crippen LogP contribution in [0.25, 0.3) is 0 Å². The number of rotatable bonds is 7. The van der Waals surface area contributed by atoms with E-state index in [4.69, 9.17) is 11.6 Å². The first-order chi connectivity index (χ1) is 13.8. The predicted molar refractivity (Wildman–Crippen MR) is 118 cm³/mol. The number of carbonyl (C=O) groups excluding carboxylic acids is 1. The Kier molecular flexibility index (Phi) is 6.85. The van der Waals surface area contributed by atoms with Gasteiger partial charge in [-0.25, -0.2) is 8.42 Å². The highest BCUT2D eigenvalue weighted by Crippen LogP contribution is 2.26. The highest BCUT2D eigenvalue weighted by atomic mass is 35.5. The number of nitrogens with one attached hydrogen (secondary N) is 1. The zero-order valence-electron chi connectivity index (χ0n) is 16.8. The van der Waals surface area contributed by atoms with Crippen LogP contribution < -0.4 is 9.62 Å². The fourth-order valence-corrected chi connectivity index (χ4v) is 5.17. The van der Waals surface area contributed by atoms with Crippen LogP contribution in [0.5, 0.6) is 0 Å². The molecule has 1 aliphatic heterocycles. The van der Waals surface area contributed by atoms with E-state index in [1.54, 1.807) is 24.3 Å². The van der Waals surface area contributed by atoms with Crippen LogP contribution in [-0.4, -0.2) is 26.6 Å². The van der Waals surface area contributed by atoms with Gasteiger partial charge < -0.3 is 5.32 Å². The van der Waals surface area contributed by atoms with Gasteiger partial charge in [0.05, 0.1) is 17.5 Å². The summed E-state index contributed by atoms with van der Waals surface area (Å²) >= 11 is 6.01.